The smallest absolute Gasteiger partial charge is 0.190 e. The second-order valence-corrected chi connectivity index (χ2v) is 7.74. The first-order valence-electron chi connectivity index (χ1n) is 10.6. The van der Waals surface area contributed by atoms with Crippen LogP contribution in [0.3, 0.4) is 0 Å². The summed E-state index contributed by atoms with van der Waals surface area (Å²) in [5, 5.41) is 6.91. The standard InChI is InChI=1S/C24H34N4O2.HI/c1-18-8-9-19(14-23(18)30-4)10-12-26-24(25-2)27-16-20-11-13-28(17-20)21-6-5-7-22(15-21)29-3;/h5-9,14-15,20H,10-13,16-17H2,1-4H3,(H2,25,26,27);1H. The number of hydrogen-bond donors (Lipinski definition) is 2. The van der Waals surface area contributed by atoms with E-state index in [4.69, 9.17) is 9.47 Å². The zero-order valence-electron chi connectivity index (χ0n) is 19.0. The third-order valence-corrected chi connectivity index (χ3v) is 5.66. The number of nitrogens with one attached hydrogen (secondary N) is 2. The lowest BCUT2D eigenvalue weighted by molar-refractivity contribution is 0.411. The molecule has 0 bridgehead atoms. The minimum atomic E-state index is 0. The van der Waals surface area contributed by atoms with Crippen molar-refractivity contribution in [3.63, 3.8) is 0 Å². The Morgan fingerprint density at radius 1 is 1.13 bits per heavy atom. The highest BCUT2D eigenvalue weighted by Gasteiger charge is 2.23. The van der Waals surface area contributed by atoms with E-state index in [2.05, 4.69) is 63.8 Å². The summed E-state index contributed by atoms with van der Waals surface area (Å²) in [6.45, 7) is 5.91. The van der Waals surface area contributed by atoms with Gasteiger partial charge < -0.3 is 25.0 Å². The highest BCUT2D eigenvalue weighted by Crippen LogP contribution is 2.26. The Hall–Kier alpha value is -2.16. The highest BCUT2D eigenvalue weighted by molar-refractivity contribution is 14.0. The zero-order valence-corrected chi connectivity index (χ0v) is 21.3. The fourth-order valence-corrected chi connectivity index (χ4v) is 3.85. The topological polar surface area (TPSA) is 58.1 Å². The molecule has 0 radical (unpaired) electrons. The number of aryl methyl sites for hydroxylation is 1. The minimum Gasteiger partial charge on any atom is -0.497 e. The number of aliphatic imine (C=N–C) groups is 1. The first kappa shape index (κ1) is 25.1. The fourth-order valence-electron chi connectivity index (χ4n) is 3.85. The monoisotopic (exact) mass is 538 g/mol. The number of hydrogen-bond acceptors (Lipinski definition) is 4. The van der Waals surface area contributed by atoms with Crippen molar-refractivity contribution in [1.82, 2.24) is 10.6 Å². The summed E-state index contributed by atoms with van der Waals surface area (Å²) in [7, 11) is 5.25. The van der Waals surface area contributed by atoms with Crippen molar-refractivity contribution in [2.75, 3.05) is 52.3 Å². The van der Waals surface area contributed by atoms with Gasteiger partial charge in [-0.25, -0.2) is 0 Å². The maximum absolute atomic E-state index is 5.42. The molecule has 2 aromatic carbocycles. The van der Waals surface area contributed by atoms with Crippen LogP contribution in [-0.4, -0.2) is 53.4 Å². The molecule has 1 heterocycles. The Morgan fingerprint density at radius 3 is 2.71 bits per heavy atom. The van der Waals surface area contributed by atoms with Crippen molar-refractivity contribution < 1.29 is 9.47 Å². The van der Waals surface area contributed by atoms with Crippen LogP contribution in [-0.2, 0) is 6.42 Å². The minimum absolute atomic E-state index is 0. The molecule has 0 amide bonds. The molecule has 2 aromatic rings. The normalized spacial score (nSPS) is 15.9. The summed E-state index contributed by atoms with van der Waals surface area (Å²) in [6.07, 6.45) is 2.09. The summed E-state index contributed by atoms with van der Waals surface area (Å²) < 4.78 is 10.8. The zero-order chi connectivity index (χ0) is 21.3. The van der Waals surface area contributed by atoms with Crippen molar-refractivity contribution in [3.8, 4) is 11.5 Å². The molecule has 1 saturated heterocycles. The maximum atomic E-state index is 5.42. The van der Waals surface area contributed by atoms with Gasteiger partial charge in [-0.3, -0.25) is 4.99 Å². The van der Waals surface area contributed by atoms with Crippen molar-refractivity contribution in [3.05, 3.63) is 53.6 Å². The van der Waals surface area contributed by atoms with Crippen LogP contribution in [0.5, 0.6) is 11.5 Å². The molecule has 2 N–H and O–H groups in total. The first-order chi connectivity index (χ1) is 14.6. The van der Waals surface area contributed by atoms with Gasteiger partial charge >= 0.3 is 0 Å². The molecule has 1 aliphatic heterocycles. The number of nitrogens with zero attached hydrogens (tertiary/aromatic N) is 2. The Bertz CT molecular complexity index is 859. The van der Waals surface area contributed by atoms with Crippen LogP contribution >= 0.6 is 24.0 Å². The Morgan fingerprint density at radius 2 is 1.97 bits per heavy atom. The third kappa shape index (κ3) is 7.19. The lowest BCUT2D eigenvalue weighted by Crippen LogP contribution is -2.41. The highest BCUT2D eigenvalue weighted by atomic mass is 127. The number of anilines is 1. The van der Waals surface area contributed by atoms with Gasteiger partial charge in [0.2, 0.25) is 0 Å². The summed E-state index contributed by atoms with van der Waals surface area (Å²) in [6, 6.07) is 14.7. The van der Waals surface area contributed by atoms with Crippen LogP contribution < -0.4 is 25.0 Å². The van der Waals surface area contributed by atoms with Gasteiger partial charge in [-0.05, 0) is 55.0 Å². The van der Waals surface area contributed by atoms with Crippen LogP contribution in [0.25, 0.3) is 0 Å². The Balaban J connectivity index is 0.00000341. The molecule has 0 spiro atoms. The van der Waals surface area contributed by atoms with Gasteiger partial charge in [0.05, 0.1) is 14.2 Å². The van der Waals surface area contributed by atoms with E-state index in [-0.39, 0.29) is 24.0 Å². The second kappa shape index (κ2) is 12.6. The second-order valence-electron chi connectivity index (χ2n) is 7.74. The molecular formula is C24H35IN4O2. The number of ether oxygens (including phenoxy) is 2. The number of methoxy groups -OCH3 is 2. The van der Waals surface area contributed by atoms with Gasteiger partial charge in [-0.15, -0.1) is 24.0 Å². The van der Waals surface area contributed by atoms with Gasteiger partial charge in [0, 0.05) is 45.0 Å². The van der Waals surface area contributed by atoms with Crippen molar-refractivity contribution in [2.45, 2.75) is 19.8 Å². The van der Waals surface area contributed by atoms with E-state index in [9.17, 15) is 0 Å². The average Bonchev–Trinajstić information content (AvgIpc) is 3.26. The quantitative estimate of drug-likeness (QED) is 0.304. The Kier molecular flexibility index (Phi) is 10.2. The van der Waals surface area contributed by atoms with Gasteiger partial charge in [-0.1, -0.05) is 18.2 Å². The number of halogens is 1. The Labute approximate surface area is 203 Å². The number of benzene rings is 2. The summed E-state index contributed by atoms with van der Waals surface area (Å²) in [5.74, 6) is 3.30. The first-order valence-corrected chi connectivity index (χ1v) is 10.6. The molecule has 0 aromatic heterocycles. The predicted octanol–water partition coefficient (Wildman–Crippen LogP) is 3.86. The van der Waals surface area contributed by atoms with Crippen LogP contribution in [0.4, 0.5) is 5.69 Å². The molecule has 0 aliphatic carbocycles. The number of rotatable bonds is 8. The molecule has 7 heteroatoms. The lowest BCUT2D eigenvalue weighted by atomic mass is 10.1. The van der Waals surface area contributed by atoms with Gasteiger partial charge in [-0.2, -0.15) is 0 Å². The molecular weight excluding hydrogens is 503 g/mol. The van der Waals surface area contributed by atoms with E-state index in [1.807, 2.05) is 13.1 Å². The lowest BCUT2D eigenvalue weighted by Gasteiger charge is -2.20. The van der Waals surface area contributed by atoms with Crippen LogP contribution in [0.1, 0.15) is 17.5 Å². The van der Waals surface area contributed by atoms with E-state index in [0.717, 1.165) is 55.6 Å². The summed E-state index contributed by atoms with van der Waals surface area (Å²) in [5.41, 5.74) is 3.64. The molecule has 170 valence electrons. The summed E-state index contributed by atoms with van der Waals surface area (Å²) in [4.78, 5) is 6.79. The number of guanidine groups is 1. The maximum Gasteiger partial charge on any atom is 0.190 e. The van der Waals surface area contributed by atoms with E-state index < -0.39 is 0 Å². The van der Waals surface area contributed by atoms with E-state index in [1.54, 1.807) is 14.2 Å². The van der Waals surface area contributed by atoms with Gasteiger partial charge in [0.1, 0.15) is 11.5 Å². The molecule has 1 unspecified atom stereocenters. The van der Waals surface area contributed by atoms with Crippen LogP contribution in [0.15, 0.2) is 47.5 Å². The van der Waals surface area contributed by atoms with E-state index >= 15 is 0 Å². The third-order valence-electron chi connectivity index (χ3n) is 5.66. The fraction of sp³-hybridized carbons (Fsp3) is 0.458. The molecule has 31 heavy (non-hydrogen) atoms. The summed E-state index contributed by atoms with van der Waals surface area (Å²) >= 11 is 0. The molecule has 1 aliphatic rings. The van der Waals surface area contributed by atoms with E-state index in [0.29, 0.717) is 5.92 Å². The van der Waals surface area contributed by atoms with Crippen molar-refractivity contribution >= 4 is 35.6 Å². The average molecular weight is 538 g/mol. The molecule has 0 saturated carbocycles. The van der Waals surface area contributed by atoms with Gasteiger partial charge in [0.15, 0.2) is 5.96 Å². The molecule has 6 nitrogen and oxygen atoms in total. The van der Waals surface area contributed by atoms with Crippen LogP contribution in [0.2, 0.25) is 0 Å². The molecule has 3 rings (SSSR count). The van der Waals surface area contributed by atoms with Crippen molar-refractivity contribution in [2.24, 2.45) is 10.9 Å². The van der Waals surface area contributed by atoms with Crippen molar-refractivity contribution in [1.29, 1.82) is 0 Å². The SMILES string of the molecule is CN=C(NCCc1ccc(C)c(OC)c1)NCC1CCN(c2cccc(OC)c2)C1.I. The molecule has 1 fully saturated rings. The predicted molar refractivity (Wildman–Crippen MR) is 140 cm³/mol. The van der Waals surface area contributed by atoms with Crippen LogP contribution in [0, 0.1) is 12.8 Å². The van der Waals surface area contributed by atoms with Gasteiger partial charge in [0.25, 0.3) is 0 Å². The van der Waals surface area contributed by atoms with E-state index in [1.165, 1.54) is 17.7 Å². The largest absolute Gasteiger partial charge is 0.497 e. The molecule has 1 atom stereocenters.